The maximum Gasteiger partial charge on any atom is 0.321 e. The number of aliphatic hydroxyl groups excluding tert-OH is 2. The predicted octanol–water partition coefficient (Wildman–Crippen LogP) is 1.46. The second-order valence-corrected chi connectivity index (χ2v) is 6.84. The smallest absolute Gasteiger partial charge is 0.321 e. The Morgan fingerprint density at radius 3 is 1.67 bits per heavy atom. The normalized spacial score (nSPS) is 10.8. The Kier molecular flexibility index (Phi) is 6.52. The van der Waals surface area contributed by atoms with Crippen molar-refractivity contribution >= 4 is 46.0 Å². The number of hydrogen-bond acceptors (Lipinski definition) is 7. The molecule has 13 heteroatoms. The van der Waals surface area contributed by atoms with Gasteiger partial charge >= 0.3 is 12.1 Å². The summed E-state index contributed by atoms with van der Waals surface area (Å²) in [7, 11) is 0. The summed E-state index contributed by atoms with van der Waals surface area (Å²) >= 11 is 0. The van der Waals surface area contributed by atoms with Crippen molar-refractivity contribution in [3.05, 3.63) is 36.4 Å². The van der Waals surface area contributed by atoms with Crippen LogP contribution < -0.4 is 26.0 Å². The van der Waals surface area contributed by atoms with Crippen molar-refractivity contribution in [1.82, 2.24) is 30.6 Å². The molecule has 0 spiro atoms. The molecule has 2 aromatic carbocycles. The number of amides is 4. The number of H-pyrrole nitrogens is 2. The van der Waals surface area contributed by atoms with Gasteiger partial charge in [0.25, 0.3) is 0 Å². The zero-order valence-corrected chi connectivity index (χ0v) is 17.3. The zero-order valence-electron chi connectivity index (χ0n) is 17.3. The van der Waals surface area contributed by atoms with E-state index in [2.05, 4.69) is 41.2 Å². The lowest BCUT2D eigenvalue weighted by Crippen LogP contribution is -2.31. The van der Waals surface area contributed by atoms with E-state index in [0.717, 1.165) is 0 Å². The number of aromatic nitrogens is 4. The van der Waals surface area contributed by atoms with Gasteiger partial charge in [0.1, 0.15) is 11.5 Å². The SMILES string of the molecule is O=C(NCCO)Nc1nc2ccc(Oc3ccc4nc(NC(=O)NCCO)[nH]c4c3)cc2[nH]1. The molecule has 172 valence electrons. The second kappa shape index (κ2) is 9.84. The molecule has 4 aromatic rings. The number of carbonyl (C=O) groups excluding carboxylic acids is 2. The van der Waals surface area contributed by atoms with Gasteiger partial charge in [0.05, 0.1) is 35.3 Å². The summed E-state index contributed by atoms with van der Waals surface area (Å²) in [6.45, 7) is -0.0366. The number of rotatable bonds is 8. The molecule has 0 aliphatic rings. The minimum Gasteiger partial charge on any atom is -0.457 e. The van der Waals surface area contributed by atoms with Gasteiger partial charge < -0.3 is 35.6 Å². The fourth-order valence-electron chi connectivity index (χ4n) is 3.00. The van der Waals surface area contributed by atoms with Gasteiger partial charge in [-0.2, -0.15) is 0 Å². The molecule has 0 saturated carbocycles. The highest BCUT2D eigenvalue weighted by molar-refractivity contribution is 5.91. The van der Waals surface area contributed by atoms with E-state index in [-0.39, 0.29) is 38.2 Å². The number of imidazole rings is 2. The van der Waals surface area contributed by atoms with Gasteiger partial charge in [-0.3, -0.25) is 10.6 Å². The molecular formula is C20H22N8O5. The Bertz CT molecular complexity index is 1190. The highest BCUT2D eigenvalue weighted by Crippen LogP contribution is 2.28. The maximum absolute atomic E-state index is 11.7. The summed E-state index contributed by atoms with van der Waals surface area (Å²) in [5, 5.41) is 27.6. The number of benzene rings is 2. The molecule has 0 fully saturated rings. The summed E-state index contributed by atoms with van der Waals surface area (Å²) in [4.78, 5) is 38.0. The van der Waals surface area contributed by atoms with Gasteiger partial charge in [-0.25, -0.2) is 19.6 Å². The molecule has 0 atom stereocenters. The van der Waals surface area contributed by atoms with Crippen LogP contribution in [-0.2, 0) is 0 Å². The minimum atomic E-state index is -0.479. The number of nitrogens with one attached hydrogen (secondary N) is 6. The summed E-state index contributed by atoms with van der Waals surface area (Å²) < 4.78 is 5.93. The topological polar surface area (TPSA) is 189 Å². The molecule has 0 unspecified atom stereocenters. The van der Waals surface area contributed by atoms with Crippen molar-refractivity contribution in [1.29, 1.82) is 0 Å². The number of urea groups is 2. The first kappa shape index (κ1) is 21.9. The van der Waals surface area contributed by atoms with E-state index in [1.165, 1.54) is 0 Å². The van der Waals surface area contributed by atoms with Crippen LogP contribution in [0, 0.1) is 0 Å². The molecular weight excluding hydrogens is 432 g/mol. The number of hydrogen-bond donors (Lipinski definition) is 8. The van der Waals surface area contributed by atoms with Crippen LogP contribution >= 0.6 is 0 Å². The van der Waals surface area contributed by atoms with E-state index in [1.807, 2.05) is 0 Å². The van der Waals surface area contributed by atoms with Crippen LogP contribution in [0.5, 0.6) is 11.5 Å². The molecule has 2 heterocycles. The fourth-order valence-corrected chi connectivity index (χ4v) is 3.00. The lowest BCUT2D eigenvalue weighted by molar-refractivity contribution is 0.244. The van der Waals surface area contributed by atoms with Crippen molar-refractivity contribution in [2.24, 2.45) is 0 Å². The standard InChI is InChI=1S/C20H22N8O5/c29-7-5-21-19(31)27-17-23-13-3-1-11(9-15(13)25-17)33-12-2-4-14-16(10-12)26-18(24-14)28-20(32)22-6-8-30/h1-4,9-10,29-30H,5-8H2,(H3,21,23,25,27,31)(H3,22,24,26,28,32). The van der Waals surface area contributed by atoms with Crippen LogP contribution in [0.25, 0.3) is 22.1 Å². The molecule has 4 amide bonds. The largest absolute Gasteiger partial charge is 0.457 e. The van der Waals surface area contributed by atoms with Crippen molar-refractivity contribution in [3.8, 4) is 11.5 Å². The minimum absolute atomic E-state index is 0.138. The van der Waals surface area contributed by atoms with E-state index in [4.69, 9.17) is 14.9 Å². The van der Waals surface area contributed by atoms with Gasteiger partial charge in [0.15, 0.2) is 0 Å². The fraction of sp³-hybridized carbons (Fsp3) is 0.200. The summed E-state index contributed by atoms with van der Waals surface area (Å²) in [5.74, 6) is 1.62. The van der Waals surface area contributed by atoms with Gasteiger partial charge in [-0.15, -0.1) is 0 Å². The lowest BCUT2D eigenvalue weighted by atomic mass is 10.3. The highest BCUT2D eigenvalue weighted by Gasteiger charge is 2.10. The van der Waals surface area contributed by atoms with Crippen molar-refractivity contribution in [2.45, 2.75) is 0 Å². The van der Waals surface area contributed by atoms with Crippen molar-refractivity contribution in [3.63, 3.8) is 0 Å². The van der Waals surface area contributed by atoms with Gasteiger partial charge in [0.2, 0.25) is 11.9 Å². The molecule has 0 aliphatic carbocycles. The number of ether oxygens (including phenoxy) is 1. The summed E-state index contributed by atoms with van der Waals surface area (Å²) in [6, 6.07) is 9.52. The number of aliphatic hydroxyl groups is 2. The average molecular weight is 454 g/mol. The Hall–Kier alpha value is -4.36. The first-order valence-corrected chi connectivity index (χ1v) is 10.0. The summed E-state index contributed by atoms with van der Waals surface area (Å²) in [6.07, 6.45) is 0. The quantitative estimate of drug-likeness (QED) is 0.198. The van der Waals surface area contributed by atoms with Crippen LogP contribution in [-0.4, -0.2) is 68.5 Å². The van der Waals surface area contributed by atoms with Gasteiger partial charge in [-0.1, -0.05) is 0 Å². The number of anilines is 2. The van der Waals surface area contributed by atoms with E-state index >= 15 is 0 Å². The van der Waals surface area contributed by atoms with Gasteiger partial charge in [0, 0.05) is 25.2 Å². The first-order valence-electron chi connectivity index (χ1n) is 10.0. The van der Waals surface area contributed by atoms with E-state index in [9.17, 15) is 9.59 Å². The maximum atomic E-state index is 11.7. The van der Waals surface area contributed by atoms with Crippen molar-refractivity contribution < 1.29 is 24.5 Å². The molecule has 4 rings (SSSR count). The highest BCUT2D eigenvalue weighted by atomic mass is 16.5. The number of nitrogens with zero attached hydrogens (tertiary/aromatic N) is 2. The molecule has 33 heavy (non-hydrogen) atoms. The van der Waals surface area contributed by atoms with Crippen molar-refractivity contribution in [2.75, 3.05) is 36.9 Å². The third kappa shape index (κ3) is 5.47. The second-order valence-electron chi connectivity index (χ2n) is 6.84. The molecule has 13 nitrogen and oxygen atoms in total. The number of fused-ring (bicyclic) bond motifs is 2. The third-order valence-electron chi connectivity index (χ3n) is 4.40. The monoisotopic (exact) mass is 454 g/mol. The molecule has 0 aliphatic heterocycles. The molecule has 0 bridgehead atoms. The lowest BCUT2D eigenvalue weighted by Gasteiger charge is -2.05. The Balaban J connectivity index is 1.45. The van der Waals surface area contributed by atoms with Crippen LogP contribution in [0.1, 0.15) is 0 Å². The zero-order chi connectivity index (χ0) is 23.2. The van der Waals surface area contributed by atoms with E-state index in [0.29, 0.717) is 33.6 Å². The third-order valence-corrected chi connectivity index (χ3v) is 4.40. The molecule has 0 saturated heterocycles. The van der Waals surface area contributed by atoms with Gasteiger partial charge in [-0.05, 0) is 24.3 Å². The van der Waals surface area contributed by atoms with Crippen LogP contribution in [0.15, 0.2) is 36.4 Å². The Morgan fingerprint density at radius 2 is 1.24 bits per heavy atom. The molecule has 8 N–H and O–H groups in total. The number of carbonyl (C=O) groups is 2. The first-order chi connectivity index (χ1) is 16.0. The average Bonchev–Trinajstić information content (AvgIpc) is 3.38. The predicted molar refractivity (Wildman–Crippen MR) is 120 cm³/mol. The Labute approximate surface area is 186 Å². The van der Waals surface area contributed by atoms with Crippen LogP contribution in [0.4, 0.5) is 21.5 Å². The summed E-state index contributed by atoms with van der Waals surface area (Å²) in [5.41, 5.74) is 2.60. The van der Waals surface area contributed by atoms with Crippen LogP contribution in [0.2, 0.25) is 0 Å². The van der Waals surface area contributed by atoms with E-state index in [1.54, 1.807) is 36.4 Å². The molecule has 2 aromatic heterocycles. The Morgan fingerprint density at radius 1 is 0.788 bits per heavy atom. The number of aromatic amines is 2. The molecule has 0 radical (unpaired) electrons. The van der Waals surface area contributed by atoms with Crippen LogP contribution in [0.3, 0.4) is 0 Å². The van der Waals surface area contributed by atoms with E-state index < -0.39 is 12.1 Å².